The van der Waals surface area contributed by atoms with Crippen LogP contribution < -0.4 is 0 Å². The molecule has 0 saturated carbocycles. The average Bonchev–Trinajstić information content (AvgIpc) is 2.15. The minimum atomic E-state index is 0.0596. The molecule has 0 aromatic rings. The Morgan fingerprint density at radius 3 is 3.23 bits per heavy atom. The molecule has 0 aromatic carbocycles. The van der Waals surface area contributed by atoms with Crippen LogP contribution in [0, 0.1) is 0 Å². The van der Waals surface area contributed by atoms with Gasteiger partial charge in [-0.15, -0.1) is 0 Å². The van der Waals surface area contributed by atoms with Gasteiger partial charge < -0.3 is 4.74 Å². The third kappa shape index (κ3) is 2.31. The van der Waals surface area contributed by atoms with Crippen LogP contribution >= 0.6 is 0 Å². The third-order valence-electron chi connectivity index (χ3n) is 1.68. The SMILES string of the molecule is C=CCOC1=C(CC)N(F)CN=C1. The first-order valence-electron chi connectivity index (χ1n) is 4.19. The Kier molecular flexibility index (Phi) is 3.49. The Bertz CT molecular complexity index is 248. The summed E-state index contributed by atoms with van der Waals surface area (Å²) in [5, 5.41) is 0.596. The van der Waals surface area contributed by atoms with Crippen molar-refractivity contribution in [3.05, 3.63) is 24.1 Å². The fourth-order valence-corrected chi connectivity index (χ4v) is 1.09. The number of hydrogen-bond donors (Lipinski definition) is 0. The highest BCUT2D eigenvalue weighted by Gasteiger charge is 2.16. The molecule has 1 rings (SSSR count). The number of aliphatic imine (C=N–C) groups is 1. The van der Waals surface area contributed by atoms with Crippen molar-refractivity contribution in [2.75, 3.05) is 13.3 Å². The maximum absolute atomic E-state index is 13.1. The first-order valence-corrected chi connectivity index (χ1v) is 4.19. The van der Waals surface area contributed by atoms with Crippen LogP contribution in [0.5, 0.6) is 0 Å². The predicted molar refractivity (Wildman–Crippen MR) is 49.8 cm³/mol. The highest BCUT2D eigenvalue weighted by molar-refractivity contribution is 5.77. The van der Waals surface area contributed by atoms with Crippen LogP contribution in [0.1, 0.15) is 13.3 Å². The lowest BCUT2D eigenvalue weighted by atomic mass is 10.3. The molecule has 0 bridgehead atoms. The van der Waals surface area contributed by atoms with Crippen LogP contribution in [0.25, 0.3) is 0 Å². The number of nitrogens with zero attached hydrogens (tertiary/aromatic N) is 2. The third-order valence-corrected chi connectivity index (χ3v) is 1.68. The van der Waals surface area contributed by atoms with E-state index in [1.165, 1.54) is 0 Å². The molecule has 3 nitrogen and oxygen atoms in total. The standard InChI is InChI=1S/C9H13FN2O/c1-3-5-13-9-6-11-7-12(10)8(9)4-2/h3,6H,1,4-5,7H2,2H3. The predicted octanol–water partition coefficient (Wildman–Crippen LogP) is 2.04. The van der Waals surface area contributed by atoms with Crippen molar-refractivity contribution in [1.29, 1.82) is 0 Å². The molecule has 4 heteroatoms. The smallest absolute Gasteiger partial charge is 0.159 e. The first-order chi connectivity index (χ1) is 6.29. The molecule has 1 aliphatic rings. The summed E-state index contributed by atoms with van der Waals surface area (Å²) >= 11 is 0. The Morgan fingerprint density at radius 2 is 2.62 bits per heavy atom. The lowest BCUT2D eigenvalue weighted by molar-refractivity contribution is 0.0581. The molecule has 72 valence electrons. The van der Waals surface area contributed by atoms with Gasteiger partial charge in [-0.25, -0.2) is 0 Å². The van der Waals surface area contributed by atoms with E-state index in [-0.39, 0.29) is 6.67 Å². The molecule has 0 N–H and O–H groups in total. The summed E-state index contributed by atoms with van der Waals surface area (Å²) in [6, 6.07) is 0. The minimum Gasteiger partial charge on any atom is -0.486 e. The quantitative estimate of drug-likeness (QED) is 0.493. The van der Waals surface area contributed by atoms with E-state index in [1.807, 2.05) is 6.92 Å². The lowest BCUT2D eigenvalue weighted by Crippen LogP contribution is -2.20. The molecule has 0 radical (unpaired) electrons. The molecule has 0 aliphatic carbocycles. The van der Waals surface area contributed by atoms with Crippen LogP contribution in [0.3, 0.4) is 0 Å². The second-order valence-corrected chi connectivity index (χ2v) is 2.58. The summed E-state index contributed by atoms with van der Waals surface area (Å²) in [5.74, 6) is 0.496. The highest BCUT2D eigenvalue weighted by Crippen LogP contribution is 2.18. The van der Waals surface area contributed by atoms with Crippen molar-refractivity contribution in [2.24, 2.45) is 4.99 Å². The normalized spacial score (nSPS) is 16.3. The zero-order chi connectivity index (χ0) is 9.68. The van der Waals surface area contributed by atoms with Crippen molar-refractivity contribution in [1.82, 2.24) is 5.12 Å². The van der Waals surface area contributed by atoms with Crippen LogP contribution in [0.2, 0.25) is 0 Å². The van der Waals surface area contributed by atoms with Crippen molar-refractivity contribution in [2.45, 2.75) is 13.3 Å². The van der Waals surface area contributed by atoms with E-state index in [0.29, 0.717) is 29.6 Å². The minimum absolute atomic E-state index is 0.0596. The fraction of sp³-hybridized carbons (Fsp3) is 0.444. The summed E-state index contributed by atoms with van der Waals surface area (Å²) in [7, 11) is 0. The average molecular weight is 184 g/mol. The van der Waals surface area contributed by atoms with Crippen LogP contribution in [0.4, 0.5) is 4.48 Å². The van der Waals surface area contributed by atoms with Gasteiger partial charge in [-0.3, -0.25) is 4.99 Å². The number of rotatable bonds is 4. The van der Waals surface area contributed by atoms with Crippen molar-refractivity contribution < 1.29 is 9.22 Å². The largest absolute Gasteiger partial charge is 0.486 e. The first kappa shape index (κ1) is 9.77. The van der Waals surface area contributed by atoms with E-state index in [0.717, 1.165) is 0 Å². The van der Waals surface area contributed by atoms with Crippen molar-refractivity contribution >= 4 is 6.21 Å². The second-order valence-electron chi connectivity index (χ2n) is 2.58. The molecule has 1 heterocycles. The van der Waals surface area contributed by atoms with Gasteiger partial charge in [0.25, 0.3) is 0 Å². The molecule has 13 heavy (non-hydrogen) atoms. The molecule has 0 spiro atoms. The number of ether oxygens (including phenoxy) is 1. The van der Waals surface area contributed by atoms with Crippen LogP contribution in [-0.2, 0) is 4.74 Å². The molecule has 0 amide bonds. The van der Waals surface area contributed by atoms with Gasteiger partial charge in [0.2, 0.25) is 0 Å². The summed E-state index contributed by atoms with van der Waals surface area (Å²) < 4.78 is 18.3. The Hall–Kier alpha value is -1.32. The zero-order valence-corrected chi connectivity index (χ0v) is 7.66. The van der Waals surface area contributed by atoms with E-state index in [4.69, 9.17) is 4.74 Å². The zero-order valence-electron chi connectivity index (χ0n) is 7.66. The van der Waals surface area contributed by atoms with E-state index in [1.54, 1.807) is 12.3 Å². The molecule has 1 aliphatic heterocycles. The van der Waals surface area contributed by atoms with Gasteiger partial charge in [0.1, 0.15) is 13.3 Å². The Balaban J connectivity index is 2.73. The maximum atomic E-state index is 13.1. The Labute approximate surface area is 77.1 Å². The maximum Gasteiger partial charge on any atom is 0.159 e. The number of hydrogen-bond acceptors (Lipinski definition) is 3. The topological polar surface area (TPSA) is 24.8 Å². The van der Waals surface area contributed by atoms with Gasteiger partial charge in [0.15, 0.2) is 5.76 Å². The van der Waals surface area contributed by atoms with Gasteiger partial charge in [0, 0.05) is 0 Å². The lowest BCUT2D eigenvalue weighted by Gasteiger charge is -2.20. The van der Waals surface area contributed by atoms with Gasteiger partial charge >= 0.3 is 0 Å². The Morgan fingerprint density at radius 1 is 1.85 bits per heavy atom. The summed E-state index contributed by atoms with van der Waals surface area (Å²) in [6.07, 6.45) is 3.76. The van der Waals surface area contributed by atoms with E-state index >= 15 is 0 Å². The van der Waals surface area contributed by atoms with Gasteiger partial charge in [0.05, 0.1) is 11.9 Å². The number of halogens is 1. The van der Waals surface area contributed by atoms with Crippen molar-refractivity contribution in [3.63, 3.8) is 0 Å². The molecule has 0 atom stereocenters. The van der Waals surface area contributed by atoms with E-state index in [2.05, 4.69) is 11.6 Å². The molecular weight excluding hydrogens is 171 g/mol. The molecule has 0 saturated heterocycles. The van der Waals surface area contributed by atoms with Crippen LogP contribution in [-0.4, -0.2) is 24.6 Å². The molecule has 0 unspecified atom stereocenters. The van der Waals surface area contributed by atoms with Crippen LogP contribution in [0.15, 0.2) is 29.1 Å². The molecule has 0 fully saturated rings. The second kappa shape index (κ2) is 4.64. The monoisotopic (exact) mass is 184 g/mol. The van der Waals surface area contributed by atoms with E-state index in [9.17, 15) is 4.48 Å². The summed E-state index contributed by atoms with van der Waals surface area (Å²) in [4.78, 5) is 3.80. The number of allylic oxidation sites excluding steroid dienone is 2. The summed E-state index contributed by atoms with van der Waals surface area (Å²) in [6.45, 7) is 5.82. The van der Waals surface area contributed by atoms with Gasteiger partial charge in [-0.2, -0.15) is 5.12 Å². The van der Waals surface area contributed by atoms with Gasteiger partial charge in [-0.05, 0) is 6.42 Å². The summed E-state index contributed by atoms with van der Waals surface area (Å²) in [5.41, 5.74) is 0.539. The highest BCUT2D eigenvalue weighted by atomic mass is 19.2. The molecule has 0 aromatic heterocycles. The fourth-order valence-electron chi connectivity index (χ4n) is 1.09. The van der Waals surface area contributed by atoms with Gasteiger partial charge in [-0.1, -0.05) is 24.1 Å². The van der Waals surface area contributed by atoms with E-state index < -0.39 is 0 Å². The molecular formula is C9H13FN2O. The van der Waals surface area contributed by atoms with Crippen molar-refractivity contribution in [3.8, 4) is 0 Å².